The predicted octanol–water partition coefficient (Wildman–Crippen LogP) is 6.99. The summed E-state index contributed by atoms with van der Waals surface area (Å²) >= 11 is 0. The SMILES string of the molecule is [Ir].c1ccc(-c2nc3ccccc3o2)cc1.c1ccc(-c2nc3ccccc3o2)cc1. The molecule has 0 aliphatic rings. The second-order valence-corrected chi connectivity index (χ2v) is 6.71. The van der Waals surface area contributed by atoms with E-state index in [0.29, 0.717) is 11.8 Å². The average molecular weight is 583 g/mol. The Kier molecular flexibility index (Phi) is 6.37. The fourth-order valence-corrected chi connectivity index (χ4v) is 3.15. The third kappa shape index (κ3) is 4.64. The Morgan fingerprint density at radius 1 is 0.419 bits per heavy atom. The summed E-state index contributed by atoms with van der Waals surface area (Å²) in [6.45, 7) is 0. The zero-order valence-electron chi connectivity index (χ0n) is 16.4. The maximum absolute atomic E-state index is 5.64. The Balaban J connectivity index is 0.000000144. The number of hydrogen-bond donors (Lipinski definition) is 0. The van der Waals surface area contributed by atoms with Gasteiger partial charge in [-0.2, -0.15) is 0 Å². The van der Waals surface area contributed by atoms with Crippen LogP contribution in [0.1, 0.15) is 0 Å². The first-order valence-corrected chi connectivity index (χ1v) is 9.69. The van der Waals surface area contributed by atoms with Crippen LogP contribution in [0.2, 0.25) is 0 Å². The summed E-state index contributed by atoms with van der Waals surface area (Å²) in [5.41, 5.74) is 5.47. The van der Waals surface area contributed by atoms with E-state index in [0.717, 1.165) is 33.3 Å². The first-order valence-electron chi connectivity index (χ1n) is 9.69. The number of fused-ring (bicyclic) bond motifs is 2. The summed E-state index contributed by atoms with van der Waals surface area (Å²) in [6.07, 6.45) is 0. The van der Waals surface area contributed by atoms with Crippen LogP contribution in [-0.2, 0) is 20.1 Å². The average Bonchev–Trinajstić information content (AvgIpc) is 3.45. The summed E-state index contributed by atoms with van der Waals surface area (Å²) in [6, 6.07) is 35.4. The minimum Gasteiger partial charge on any atom is -0.436 e. The van der Waals surface area contributed by atoms with Crippen molar-refractivity contribution in [1.29, 1.82) is 0 Å². The molecule has 0 saturated carbocycles. The Labute approximate surface area is 192 Å². The van der Waals surface area contributed by atoms with Crippen LogP contribution in [0.4, 0.5) is 0 Å². The number of oxazole rings is 2. The van der Waals surface area contributed by atoms with Gasteiger partial charge in [0.1, 0.15) is 11.0 Å². The van der Waals surface area contributed by atoms with Crippen molar-refractivity contribution >= 4 is 22.2 Å². The van der Waals surface area contributed by atoms with Crippen molar-refractivity contribution in [3.05, 3.63) is 109 Å². The van der Waals surface area contributed by atoms with Crippen LogP contribution in [0, 0.1) is 0 Å². The molecule has 153 valence electrons. The number of para-hydroxylation sites is 4. The van der Waals surface area contributed by atoms with Crippen molar-refractivity contribution in [3.63, 3.8) is 0 Å². The summed E-state index contributed by atoms with van der Waals surface area (Å²) in [4.78, 5) is 8.83. The van der Waals surface area contributed by atoms with Gasteiger partial charge in [-0.25, -0.2) is 9.97 Å². The van der Waals surface area contributed by atoms with Gasteiger partial charge in [0.2, 0.25) is 11.8 Å². The molecule has 0 N–H and O–H groups in total. The summed E-state index contributed by atoms with van der Waals surface area (Å²) < 4.78 is 11.3. The van der Waals surface area contributed by atoms with Crippen LogP contribution in [0.25, 0.3) is 45.1 Å². The van der Waals surface area contributed by atoms with Gasteiger partial charge < -0.3 is 8.83 Å². The molecule has 1 radical (unpaired) electrons. The maximum atomic E-state index is 5.64. The van der Waals surface area contributed by atoms with Gasteiger partial charge in [-0.15, -0.1) is 0 Å². The van der Waals surface area contributed by atoms with Gasteiger partial charge in [0.25, 0.3) is 0 Å². The van der Waals surface area contributed by atoms with Crippen molar-refractivity contribution in [2.75, 3.05) is 0 Å². The fourth-order valence-electron chi connectivity index (χ4n) is 3.15. The molecule has 0 spiro atoms. The van der Waals surface area contributed by atoms with E-state index in [1.165, 1.54) is 0 Å². The molecule has 4 nitrogen and oxygen atoms in total. The fraction of sp³-hybridized carbons (Fsp3) is 0. The van der Waals surface area contributed by atoms with E-state index in [2.05, 4.69) is 9.97 Å². The van der Waals surface area contributed by atoms with Crippen LogP contribution in [0.3, 0.4) is 0 Å². The molecule has 0 saturated heterocycles. The van der Waals surface area contributed by atoms with E-state index < -0.39 is 0 Å². The second kappa shape index (κ2) is 9.52. The monoisotopic (exact) mass is 583 g/mol. The van der Waals surface area contributed by atoms with Crippen molar-refractivity contribution in [2.45, 2.75) is 0 Å². The Morgan fingerprint density at radius 3 is 1.16 bits per heavy atom. The molecule has 0 fully saturated rings. The van der Waals surface area contributed by atoms with Gasteiger partial charge in [-0.3, -0.25) is 0 Å². The van der Waals surface area contributed by atoms with E-state index >= 15 is 0 Å². The molecule has 0 bridgehead atoms. The maximum Gasteiger partial charge on any atom is 0.227 e. The molecular formula is C26H18IrN2O2. The molecule has 0 atom stereocenters. The summed E-state index contributed by atoms with van der Waals surface area (Å²) in [5.74, 6) is 1.36. The van der Waals surface area contributed by atoms with Gasteiger partial charge in [0, 0.05) is 31.2 Å². The van der Waals surface area contributed by atoms with Crippen molar-refractivity contribution in [1.82, 2.24) is 9.97 Å². The number of nitrogens with zero attached hydrogens (tertiary/aromatic N) is 2. The number of hydrogen-bond acceptors (Lipinski definition) is 4. The van der Waals surface area contributed by atoms with Gasteiger partial charge >= 0.3 is 0 Å². The zero-order chi connectivity index (χ0) is 20.2. The predicted molar refractivity (Wildman–Crippen MR) is 119 cm³/mol. The Morgan fingerprint density at radius 2 is 0.774 bits per heavy atom. The van der Waals surface area contributed by atoms with Crippen LogP contribution >= 0.6 is 0 Å². The molecule has 6 rings (SSSR count). The summed E-state index contributed by atoms with van der Waals surface area (Å²) in [7, 11) is 0. The molecule has 2 aromatic heterocycles. The van der Waals surface area contributed by atoms with Gasteiger partial charge in [-0.05, 0) is 48.5 Å². The molecule has 2 heterocycles. The first-order chi connectivity index (χ1) is 14.9. The molecule has 0 unspecified atom stereocenters. The molecule has 31 heavy (non-hydrogen) atoms. The van der Waals surface area contributed by atoms with Gasteiger partial charge in [-0.1, -0.05) is 60.7 Å². The molecule has 6 aromatic rings. The molecule has 0 aliphatic carbocycles. The molecular weight excluding hydrogens is 565 g/mol. The van der Waals surface area contributed by atoms with Crippen LogP contribution in [-0.4, -0.2) is 9.97 Å². The minimum absolute atomic E-state index is 0. The smallest absolute Gasteiger partial charge is 0.227 e. The molecule has 4 aromatic carbocycles. The van der Waals surface area contributed by atoms with Crippen LogP contribution in [0.5, 0.6) is 0 Å². The zero-order valence-corrected chi connectivity index (χ0v) is 18.8. The first kappa shape index (κ1) is 20.7. The Hall–Kier alpha value is -3.53. The van der Waals surface area contributed by atoms with Crippen LogP contribution < -0.4 is 0 Å². The second-order valence-electron chi connectivity index (χ2n) is 6.71. The topological polar surface area (TPSA) is 52.1 Å². The van der Waals surface area contributed by atoms with Gasteiger partial charge in [0.15, 0.2) is 11.2 Å². The van der Waals surface area contributed by atoms with Gasteiger partial charge in [0.05, 0.1) is 0 Å². The van der Waals surface area contributed by atoms with E-state index in [1.807, 2.05) is 109 Å². The third-order valence-corrected chi connectivity index (χ3v) is 4.63. The standard InChI is InChI=1S/2C13H9NO.Ir/c2*1-2-6-10(7-3-1)13-14-11-8-4-5-9-12(11)15-13;/h2*1-9H;. The largest absolute Gasteiger partial charge is 0.436 e. The third-order valence-electron chi connectivity index (χ3n) is 4.63. The number of rotatable bonds is 2. The number of benzene rings is 4. The van der Waals surface area contributed by atoms with Crippen molar-refractivity contribution in [3.8, 4) is 22.9 Å². The molecule has 0 amide bonds. The number of aromatic nitrogens is 2. The van der Waals surface area contributed by atoms with Crippen molar-refractivity contribution < 1.29 is 28.9 Å². The minimum atomic E-state index is 0. The molecule has 5 heteroatoms. The quantitative estimate of drug-likeness (QED) is 0.221. The summed E-state index contributed by atoms with van der Waals surface area (Å²) in [5, 5.41) is 0. The van der Waals surface area contributed by atoms with Crippen LogP contribution in [0.15, 0.2) is 118 Å². The van der Waals surface area contributed by atoms with E-state index in [1.54, 1.807) is 0 Å². The van der Waals surface area contributed by atoms with E-state index in [4.69, 9.17) is 8.83 Å². The molecule has 0 aliphatic heterocycles. The van der Waals surface area contributed by atoms with E-state index in [9.17, 15) is 0 Å². The van der Waals surface area contributed by atoms with Crippen molar-refractivity contribution in [2.24, 2.45) is 0 Å². The van der Waals surface area contributed by atoms with E-state index in [-0.39, 0.29) is 20.1 Å². The normalized spacial score (nSPS) is 10.3. The Bertz CT molecular complexity index is 1220.